The van der Waals surface area contributed by atoms with Crippen LogP contribution in [0.3, 0.4) is 0 Å². The Hall–Kier alpha value is -3.99. The lowest BCUT2D eigenvalue weighted by Gasteiger charge is -2.14. The van der Waals surface area contributed by atoms with Crippen molar-refractivity contribution in [3.8, 4) is 17.7 Å². The summed E-state index contributed by atoms with van der Waals surface area (Å²) < 4.78 is 45.2. The van der Waals surface area contributed by atoms with Crippen LogP contribution in [0.4, 0.5) is 24.5 Å². The van der Waals surface area contributed by atoms with Crippen LogP contribution < -0.4 is 15.4 Å². The summed E-state index contributed by atoms with van der Waals surface area (Å²) in [4.78, 5) is 16.9. The molecule has 1 amide bonds. The summed E-state index contributed by atoms with van der Waals surface area (Å²) in [5.41, 5.74) is 0.670. The summed E-state index contributed by atoms with van der Waals surface area (Å²) in [6.45, 7) is 1.85. The van der Waals surface area contributed by atoms with E-state index in [-0.39, 0.29) is 11.3 Å². The second-order valence-corrected chi connectivity index (χ2v) is 6.70. The lowest BCUT2D eigenvalue weighted by Crippen LogP contribution is -2.16. The second-order valence-electron chi connectivity index (χ2n) is 6.70. The van der Waals surface area contributed by atoms with Gasteiger partial charge in [-0.25, -0.2) is 4.98 Å². The number of aromatic nitrogens is 1. The molecule has 3 aromatic rings. The molecular formula is C24H20F3N3O2. The number of methoxy groups -OCH3 is 1. The Morgan fingerprint density at radius 1 is 1.12 bits per heavy atom. The van der Waals surface area contributed by atoms with Crippen molar-refractivity contribution in [3.63, 3.8) is 0 Å². The first-order valence-electron chi connectivity index (χ1n) is 9.59. The summed E-state index contributed by atoms with van der Waals surface area (Å²) in [5.74, 6) is 4.85. The first kappa shape index (κ1) is 22.7. The molecule has 0 aliphatic carbocycles. The molecule has 0 spiro atoms. The van der Waals surface area contributed by atoms with Crippen LogP contribution in [0.1, 0.15) is 34.0 Å². The number of carbonyl (C=O) groups excluding carboxylic acids is 1. The van der Waals surface area contributed by atoms with Gasteiger partial charge in [-0.2, -0.15) is 13.2 Å². The van der Waals surface area contributed by atoms with Crippen LogP contribution in [-0.2, 0) is 12.7 Å². The number of ether oxygens (including phenoxy) is 1. The summed E-state index contributed by atoms with van der Waals surface area (Å²) in [7, 11) is 1.53. The molecule has 0 fully saturated rings. The maximum atomic E-state index is 13.4. The van der Waals surface area contributed by atoms with Crippen molar-refractivity contribution in [2.24, 2.45) is 0 Å². The Morgan fingerprint density at radius 2 is 1.91 bits per heavy atom. The molecule has 0 bridgehead atoms. The van der Waals surface area contributed by atoms with Crippen LogP contribution in [-0.4, -0.2) is 18.0 Å². The van der Waals surface area contributed by atoms with Crippen molar-refractivity contribution in [3.05, 3.63) is 83.0 Å². The number of pyridine rings is 1. The zero-order valence-corrected chi connectivity index (χ0v) is 17.4. The van der Waals surface area contributed by atoms with Crippen molar-refractivity contribution in [1.29, 1.82) is 0 Å². The Labute approximate surface area is 183 Å². The molecule has 0 unspecified atom stereocenters. The van der Waals surface area contributed by atoms with Gasteiger partial charge in [0.1, 0.15) is 0 Å². The lowest BCUT2D eigenvalue weighted by molar-refractivity contribution is -0.137. The molecule has 0 radical (unpaired) electrons. The minimum absolute atomic E-state index is 0.0261. The number of amides is 1. The van der Waals surface area contributed by atoms with E-state index >= 15 is 0 Å². The highest BCUT2D eigenvalue weighted by molar-refractivity contribution is 6.08. The molecule has 0 aliphatic rings. The number of carbonyl (C=O) groups is 1. The first-order chi connectivity index (χ1) is 15.3. The van der Waals surface area contributed by atoms with E-state index in [2.05, 4.69) is 27.5 Å². The molecule has 1 aromatic heterocycles. The molecule has 3 rings (SSSR count). The number of hydrogen-bond acceptors (Lipinski definition) is 4. The van der Waals surface area contributed by atoms with Crippen LogP contribution in [0.15, 0.2) is 60.8 Å². The van der Waals surface area contributed by atoms with Gasteiger partial charge in [0.2, 0.25) is 5.88 Å². The van der Waals surface area contributed by atoms with Crippen molar-refractivity contribution >= 4 is 17.3 Å². The number of alkyl halides is 3. The number of nitrogens with one attached hydrogen (secondary N) is 2. The van der Waals surface area contributed by atoms with Crippen LogP contribution in [0, 0.1) is 11.8 Å². The van der Waals surface area contributed by atoms with E-state index < -0.39 is 17.6 Å². The molecule has 2 aromatic carbocycles. The Kier molecular flexibility index (Phi) is 7.00. The Morgan fingerprint density at radius 3 is 2.56 bits per heavy atom. The summed E-state index contributed by atoms with van der Waals surface area (Å²) in [5, 5.41) is 5.69. The highest BCUT2D eigenvalue weighted by atomic mass is 19.4. The highest BCUT2D eigenvalue weighted by Gasteiger charge is 2.33. The summed E-state index contributed by atoms with van der Waals surface area (Å²) in [6, 6.07) is 13.8. The van der Waals surface area contributed by atoms with Crippen molar-refractivity contribution < 1.29 is 22.7 Å². The molecule has 164 valence electrons. The molecular weight excluding hydrogens is 419 g/mol. The smallest absolute Gasteiger partial charge is 0.417 e. The first-order valence-corrected chi connectivity index (χ1v) is 9.59. The predicted molar refractivity (Wildman–Crippen MR) is 117 cm³/mol. The zero-order chi connectivity index (χ0) is 23.1. The van der Waals surface area contributed by atoms with Gasteiger partial charge in [-0.05, 0) is 42.8 Å². The largest absolute Gasteiger partial charge is 0.481 e. The van der Waals surface area contributed by atoms with E-state index in [4.69, 9.17) is 4.74 Å². The molecule has 8 heteroatoms. The average molecular weight is 439 g/mol. The van der Waals surface area contributed by atoms with Gasteiger partial charge in [0.05, 0.1) is 18.2 Å². The van der Waals surface area contributed by atoms with Gasteiger partial charge < -0.3 is 15.4 Å². The van der Waals surface area contributed by atoms with E-state index in [0.717, 1.165) is 11.6 Å². The van der Waals surface area contributed by atoms with Gasteiger partial charge in [0.15, 0.2) is 0 Å². The molecule has 1 heterocycles. The number of halogens is 3. The van der Waals surface area contributed by atoms with Crippen LogP contribution >= 0.6 is 0 Å². The summed E-state index contributed by atoms with van der Waals surface area (Å²) >= 11 is 0. The summed E-state index contributed by atoms with van der Waals surface area (Å²) in [6.07, 6.45) is -2.94. The number of para-hydroxylation sites is 1. The molecule has 0 saturated heterocycles. The number of hydrogen-bond donors (Lipinski definition) is 2. The predicted octanol–water partition coefficient (Wildman–Crippen LogP) is 5.34. The van der Waals surface area contributed by atoms with Gasteiger partial charge in [-0.1, -0.05) is 24.1 Å². The average Bonchev–Trinajstić information content (AvgIpc) is 2.78. The highest BCUT2D eigenvalue weighted by Crippen LogP contribution is 2.33. The quantitative estimate of drug-likeness (QED) is 0.509. The van der Waals surface area contributed by atoms with E-state index in [1.165, 1.54) is 26.2 Å². The molecule has 5 nitrogen and oxygen atoms in total. The molecule has 0 saturated carbocycles. The standard InChI is InChI=1S/C24H20F3N3O2/c1-3-6-17-10-11-18(13-20(17)24(25,26)27)30-23(31)19-7-4-5-8-21(19)28-14-16-9-12-22(32-2)29-15-16/h4-5,7-13,15,28H,14H2,1-2H3,(H,30,31). The topological polar surface area (TPSA) is 63.2 Å². The second kappa shape index (κ2) is 9.88. The van der Waals surface area contributed by atoms with Crippen molar-refractivity contribution in [2.75, 3.05) is 17.7 Å². The van der Waals surface area contributed by atoms with Crippen molar-refractivity contribution in [2.45, 2.75) is 19.6 Å². The fourth-order valence-electron chi connectivity index (χ4n) is 2.97. The Bertz CT molecular complexity index is 1160. The number of anilines is 2. The maximum Gasteiger partial charge on any atom is 0.417 e. The van der Waals surface area contributed by atoms with E-state index in [1.807, 2.05) is 6.07 Å². The minimum atomic E-state index is -4.59. The molecule has 0 aliphatic heterocycles. The minimum Gasteiger partial charge on any atom is -0.481 e. The van der Waals surface area contributed by atoms with Crippen molar-refractivity contribution in [1.82, 2.24) is 4.98 Å². The third-order valence-electron chi connectivity index (χ3n) is 4.50. The number of benzene rings is 2. The lowest BCUT2D eigenvalue weighted by atomic mass is 10.1. The zero-order valence-electron chi connectivity index (χ0n) is 17.4. The van der Waals surface area contributed by atoms with Crippen LogP contribution in [0.25, 0.3) is 0 Å². The fraction of sp³-hybridized carbons (Fsp3) is 0.167. The number of nitrogens with zero attached hydrogens (tertiary/aromatic N) is 1. The van der Waals surface area contributed by atoms with E-state index in [9.17, 15) is 18.0 Å². The van der Waals surface area contributed by atoms with Gasteiger partial charge in [0.25, 0.3) is 5.91 Å². The monoisotopic (exact) mass is 439 g/mol. The normalized spacial score (nSPS) is 10.7. The SMILES string of the molecule is CC#Cc1ccc(NC(=O)c2ccccc2NCc2ccc(OC)nc2)cc1C(F)(F)F. The van der Waals surface area contributed by atoms with Gasteiger partial charge >= 0.3 is 6.18 Å². The van der Waals surface area contributed by atoms with Crippen LogP contribution in [0.5, 0.6) is 5.88 Å². The van der Waals surface area contributed by atoms with Gasteiger partial charge in [0, 0.05) is 35.7 Å². The van der Waals surface area contributed by atoms with E-state index in [1.54, 1.807) is 36.5 Å². The molecule has 2 N–H and O–H groups in total. The molecule has 32 heavy (non-hydrogen) atoms. The maximum absolute atomic E-state index is 13.4. The van der Waals surface area contributed by atoms with Gasteiger partial charge in [-0.15, -0.1) is 5.92 Å². The third kappa shape index (κ3) is 5.58. The van der Waals surface area contributed by atoms with E-state index in [0.29, 0.717) is 23.7 Å². The molecule has 0 atom stereocenters. The van der Waals surface area contributed by atoms with Crippen LogP contribution in [0.2, 0.25) is 0 Å². The third-order valence-corrected chi connectivity index (χ3v) is 4.50. The fourth-order valence-corrected chi connectivity index (χ4v) is 2.97. The van der Waals surface area contributed by atoms with Gasteiger partial charge in [-0.3, -0.25) is 4.79 Å². The number of rotatable bonds is 6. The Balaban J connectivity index is 1.79.